The molecule has 0 aliphatic carbocycles. The summed E-state index contributed by atoms with van der Waals surface area (Å²) in [5.41, 5.74) is 2.68. The molecular formula is C19H20N2O4. The Morgan fingerprint density at radius 1 is 1.24 bits per heavy atom. The molecule has 0 fully saturated rings. The van der Waals surface area contributed by atoms with Gasteiger partial charge in [-0.1, -0.05) is 18.2 Å². The van der Waals surface area contributed by atoms with Gasteiger partial charge in [0.05, 0.1) is 16.6 Å². The van der Waals surface area contributed by atoms with Crippen molar-refractivity contribution in [1.29, 1.82) is 0 Å². The Kier molecular flexibility index (Phi) is 5.00. The molecule has 0 saturated heterocycles. The van der Waals surface area contributed by atoms with Crippen molar-refractivity contribution in [3.05, 3.63) is 59.4 Å². The summed E-state index contributed by atoms with van der Waals surface area (Å²) < 4.78 is 7.86. The molecule has 0 radical (unpaired) electrons. The van der Waals surface area contributed by atoms with Crippen molar-refractivity contribution in [3.8, 4) is 5.75 Å². The molecule has 0 saturated carbocycles. The normalized spacial score (nSPS) is 11.0. The Morgan fingerprint density at radius 2 is 2.04 bits per heavy atom. The molecular weight excluding hydrogens is 320 g/mol. The molecule has 3 aromatic rings. The van der Waals surface area contributed by atoms with Crippen molar-refractivity contribution in [2.45, 2.75) is 26.5 Å². The van der Waals surface area contributed by atoms with Crippen LogP contribution in [0.4, 0.5) is 0 Å². The maximum Gasteiger partial charge on any atom is 0.335 e. The number of hydrogen-bond donors (Lipinski definition) is 2. The summed E-state index contributed by atoms with van der Waals surface area (Å²) in [7, 11) is 0. The highest BCUT2D eigenvalue weighted by Crippen LogP contribution is 2.22. The van der Waals surface area contributed by atoms with Crippen LogP contribution < -0.4 is 4.74 Å². The minimum absolute atomic E-state index is 0.0744. The summed E-state index contributed by atoms with van der Waals surface area (Å²) in [6, 6.07) is 12.6. The van der Waals surface area contributed by atoms with Crippen molar-refractivity contribution < 1.29 is 19.7 Å². The van der Waals surface area contributed by atoms with Crippen LogP contribution in [0.2, 0.25) is 0 Å². The fraction of sp³-hybridized carbons (Fsp3) is 0.263. The number of carboxylic acid groups (broad SMARTS) is 1. The monoisotopic (exact) mass is 340 g/mol. The summed E-state index contributed by atoms with van der Waals surface area (Å²) in [5, 5.41) is 18.3. The second-order valence-corrected chi connectivity index (χ2v) is 5.82. The lowest BCUT2D eigenvalue weighted by Crippen LogP contribution is -2.09. The third kappa shape index (κ3) is 3.64. The van der Waals surface area contributed by atoms with Crippen LogP contribution in [0.1, 0.15) is 28.2 Å². The molecule has 25 heavy (non-hydrogen) atoms. The van der Waals surface area contributed by atoms with E-state index < -0.39 is 5.97 Å². The number of imidazole rings is 1. The van der Waals surface area contributed by atoms with Gasteiger partial charge in [0.25, 0.3) is 0 Å². The molecule has 130 valence electrons. The molecule has 0 unspecified atom stereocenters. The summed E-state index contributed by atoms with van der Waals surface area (Å²) in [4.78, 5) is 15.7. The molecule has 2 N–H and O–H groups in total. The van der Waals surface area contributed by atoms with E-state index in [4.69, 9.17) is 14.9 Å². The van der Waals surface area contributed by atoms with E-state index in [1.165, 1.54) is 0 Å². The van der Waals surface area contributed by atoms with Crippen molar-refractivity contribution >= 4 is 17.0 Å². The maximum absolute atomic E-state index is 11.2. The van der Waals surface area contributed by atoms with Crippen LogP contribution in [0, 0.1) is 6.92 Å². The van der Waals surface area contributed by atoms with Crippen LogP contribution in [0.5, 0.6) is 5.75 Å². The maximum atomic E-state index is 11.2. The molecule has 1 aromatic heterocycles. The van der Waals surface area contributed by atoms with Crippen LogP contribution >= 0.6 is 0 Å². The number of hydrogen-bond acceptors (Lipinski definition) is 4. The second-order valence-electron chi connectivity index (χ2n) is 5.82. The Hall–Kier alpha value is -2.86. The predicted molar refractivity (Wildman–Crippen MR) is 93.9 cm³/mol. The summed E-state index contributed by atoms with van der Waals surface area (Å²) in [6.45, 7) is 2.91. The van der Waals surface area contributed by atoms with E-state index in [1.807, 2.05) is 35.8 Å². The molecule has 2 aromatic carbocycles. The van der Waals surface area contributed by atoms with E-state index in [2.05, 4.69) is 4.98 Å². The first kappa shape index (κ1) is 17.0. The number of carbonyl (C=O) groups is 1. The van der Waals surface area contributed by atoms with E-state index in [9.17, 15) is 4.79 Å². The lowest BCUT2D eigenvalue weighted by atomic mass is 10.2. The predicted octanol–water partition coefficient (Wildman–Crippen LogP) is 3.00. The average Bonchev–Trinajstić information content (AvgIpc) is 2.95. The smallest absolute Gasteiger partial charge is 0.335 e. The van der Waals surface area contributed by atoms with Gasteiger partial charge < -0.3 is 19.5 Å². The van der Waals surface area contributed by atoms with Gasteiger partial charge in [0.2, 0.25) is 0 Å². The number of aliphatic hydroxyl groups is 1. The molecule has 0 aliphatic rings. The Bertz CT molecular complexity index is 902. The topological polar surface area (TPSA) is 84.6 Å². The number of rotatable bonds is 7. The van der Waals surface area contributed by atoms with Gasteiger partial charge >= 0.3 is 5.97 Å². The Labute approximate surface area is 145 Å². The van der Waals surface area contributed by atoms with Gasteiger partial charge in [-0.2, -0.15) is 0 Å². The van der Waals surface area contributed by atoms with Crippen LogP contribution in [0.15, 0.2) is 42.5 Å². The van der Waals surface area contributed by atoms with Crippen molar-refractivity contribution in [2.24, 2.45) is 0 Å². The summed E-state index contributed by atoms with van der Waals surface area (Å²) in [6.07, 6.45) is 0.587. The highest BCUT2D eigenvalue weighted by molar-refractivity contribution is 5.92. The Morgan fingerprint density at radius 3 is 2.76 bits per heavy atom. The highest BCUT2D eigenvalue weighted by Gasteiger charge is 2.14. The molecule has 1 heterocycles. The second kappa shape index (κ2) is 7.36. The number of fused-ring (bicyclic) bond motifs is 1. The van der Waals surface area contributed by atoms with Crippen LogP contribution in [-0.2, 0) is 13.2 Å². The highest BCUT2D eigenvalue weighted by atomic mass is 16.5. The number of aromatic carboxylic acids is 1. The van der Waals surface area contributed by atoms with E-state index in [0.29, 0.717) is 24.3 Å². The van der Waals surface area contributed by atoms with Crippen molar-refractivity contribution in [2.75, 3.05) is 6.61 Å². The number of nitrogens with zero attached hydrogens (tertiary/aromatic N) is 2. The van der Waals surface area contributed by atoms with Gasteiger partial charge in [-0.15, -0.1) is 0 Å². The minimum Gasteiger partial charge on any atom is -0.485 e. The first-order valence-electron chi connectivity index (χ1n) is 8.12. The molecule has 6 heteroatoms. The van der Waals surface area contributed by atoms with Crippen LogP contribution in [0.3, 0.4) is 0 Å². The molecule has 0 bridgehead atoms. The SMILES string of the molecule is Cc1ccccc1OCc1nc2cc(C(=O)O)ccc2n1CCCO. The van der Waals surface area contributed by atoms with E-state index >= 15 is 0 Å². The number of aliphatic hydroxyl groups excluding tert-OH is 1. The third-order valence-electron chi connectivity index (χ3n) is 4.06. The number of aryl methyl sites for hydroxylation is 2. The molecule has 0 spiro atoms. The first-order valence-corrected chi connectivity index (χ1v) is 8.12. The molecule has 3 rings (SSSR count). The first-order chi connectivity index (χ1) is 12.1. The van der Waals surface area contributed by atoms with Gasteiger partial charge in [-0.05, 0) is 43.2 Å². The minimum atomic E-state index is -0.982. The molecule has 6 nitrogen and oxygen atoms in total. The van der Waals surface area contributed by atoms with Crippen molar-refractivity contribution in [3.63, 3.8) is 0 Å². The largest absolute Gasteiger partial charge is 0.485 e. The van der Waals surface area contributed by atoms with Gasteiger partial charge in [-0.25, -0.2) is 9.78 Å². The van der Waals surface area contributed by atoms with E-state index in [0.717, 1.165) is 16.8 Å². The lowest BCUT2D eigenvalue weighted by Gasteiger charge is -2.11. The number of aromatic nitrogens is 2. The zero-order valence-corrected chi connectivity index (χ0v) is 14.0. The van der Waals surface area contributed by atoms with Crippen LogP contribution in [-0.4, -0.2) is 32.3 Å². The summed E-state index contributed by atoms with van der Waals surface area (Å²) in [5.74, 6) is 0.508. The number of benzene rings is 2. The number of ether oxygens (including phenoxy) is 1. The Balaban J connectivity index is 1.94. The lowest BCUT2D eigenvalue weighted by molar-refractivity contribution is 0.0697. The fourth-order valence-corrected chi connectivity index (χ4v) is 2.76. The van der Waals surface area contributed by atoms with Crippen molar-refractivity contribution in [1.82, 2.24) is 9.55 Å². The molecule has 0 atom stereocenters. The standard InChI is InChI=1S/C19H20N2O4/c1-13-5-2-3-6-17(13)25-12-18-20-15-11-14(19(23)24)7-8-16(15)21(18)9-4-10-22/h2-3,5-8,11,22H,4,9-10,12H2,1H3,(H,23,24). The molecule has 0 amide bonds. The quantitative estimate of drug-likeness (QED) is 0.691. The average molecular weight is 340 g/mol. The zero-order valence-electron chi connectivity index (χ0n) is 14.0. The van der Waals surface area contributed by atoms with Gasteiger partial charge in [0, 0.05) is 13.2 Å². The van der Waals surface area contributed by atoms with Gasteiger partial charge in [0.1, 0.15) is 18.2 Å². The van der Waals surface area contributed by atoms with Gasteiger partial charge in [0.15, 0.2) is 0 Å². The summed E-state index contributed by atoms with van der Waals surface area (Å²) >= 11 is 0. The molecule has 0 aliphatic heterocycles. The van der Waals surface area contributed by atoms with E-state index in [1.54, 1.807) is 18.2 Å². The number of para-hydroxylation sites is 1. The van der Waals surface area contributed by atoms with Gasteiger partial charge in [-0.3, -0.25) is 0 Å². The number of carboxylic acids is 1. The zero-order chi connectivity index (χ0) is 17.8. The third-order valence-corrected chi connectivity index (χ3v) is 4.06. The van der Waals surface area contributed by atoms with Crippen LogP contribution in [0.25, 0.3) is 11.0 Å². The fourth-order valence-electron chi connectivity index (χ4n) is 2.76. The van der Waals surface area contributed by atoms with E-state index in [-0.39, 0.29) is 18.8 Å².